The minimum absolute atomic E-state index is 0.0501. The molecule has 2 N–H and O–H groups in total. The number of amides is 1. The first-order chi connectivity index (χ1) is 14.6. The van der Waals surface area contributed by atoms with E-state index >= 15 is 0 Å². The molecule has 0 unspecified atom stereocenters. The van der Waals surface area contributed by atoms with Crippen LogP contribution in [0.5, 0.6) is 0 Å². The molecule has 1 aromatic heterocycles. The van der Waals surface area contributed by atoms with E-state index < -0.39 is 6.04 Å². The molecule has 3 rings (SSSR count). The number of halogens is 1. The highest BCUT2D eigenvalue weighted by atomic mass is 19.1. The van der Waals surface area contributed by atoms with Crippen LogP contribution in [0.1, 0.15) is 49.4 Å². The van der Waals surface area contributed by atoms with Gasteiger partial charge in [-0.3, -0.25) is 4.79 Å². The number of aromatic nitrogens is 1. The Bertz CT molecular complexity index is 932. The number of rotatable bonds is 8. The van der Waals surface area contributed by atoms with E-state index in [0.29, 0.717) is 30.1 Å². The third-order valence-electron chi connectivity index (χ3n) is 5.07. The maximum absolute atomic E-state index is 13.8. The summed E-state index contributed by atoms with van der Waals surface area (Å²) in [6, 6.07) is 5.90. The third kappa shape index (κ3) is 5.76. The van der Waals surface area contributed by atoms with Crippen LogP contribution in [-0.2, 0) is 11.2 Å². The molecular formula is C24H28FN3O2. The standard InChI is InChI=1S/C24H28FN3O2/c1-2-3-4-5-6-11-20-17-30-24(27-20)22-13-9-14-28(22)23(29)16-19(26)15-18-10-7-8-12-21(18)25/h2-8,10-12,17,19,22H,9,13-16,26H2,1H3/t19-,22+/m1/s1. The van der Waals surface area contributed by atoms with E-state index in [0.717, 1.165) is 12.8 Å². The fourth-order valence-electron chi connectivity index (χ4n) is 3.61. The fraction of sp³-hybridized carbons (Fsp3) is 0.333. The first-order valence-electron chi connectivity index (χ1n) is 10.3. The van der Waals surface area contributed by atoms with Gasteiger partial charge in [0.05, 0.1) is 0 Å². The molecule has 5 nitrogen and oxygen atoms in total. The van der Waals surface area contributed by atoms with Gasteiger partial charge in [-0.25, -0.2) is 9.37 Å². The van der Waals surface area contributed by atoms with Crippen LogP contribution in [0.2, 0.25) is 0 Å². The Balaban J connectivity index is 1.60. The summed E-state index contributed by atoms with van der Waals surface area (Å²) in [6.07, 6.45) is 15.3. The van der Waals surface area contributed by atoms with Crippen molar-refractivity contribution < 1.29 is 13.6 Å². The number of benzene rings is 1. The normalized spacial score (nSPS) is 18.2. The zero-order chi connectivity index (χ0) is 21.3. The molecular weight excluding hydrogens is 381 g/mol. The Kier molecular flexibility index (Phi) is 7.74. The lowest BCUT2D eigenvalue weighted by molar-refractivity contribution is -0.132. The van der Waals surface area contributed by atoms with Gasteiger partial charge >= 0.3 is 0 Å². The van der Waals surface area contributed by atoms with Gasteiger partial charge in [0.1, 0.15) is 23.8 Å². The van der Waals surface area contributed by atoms with Crippen LogP contribution in [0.15, 0.2) is 65.3 Å². The first kappa shape index (κ1) is 21.7. The summed E-state index contributed by atoms with van der Waals surface area (Å²) in [6.45, 7) is 2.61. The molecule has 2 heterocycles. The van der Waals surface area contributed by atoms with Gasteiger partial charge < -0.3 is 15.1 Å². The highest BCUT2D eigenvalue weighted by molar-refractivity contribution is 5.77. The van der Waals surface area contributed by atoms with Crippen molar-refractivity contribution in [3.05, 3.63) is 83.9 Å². The topological polar surface area (TPSA) is 72.4 Å². The predicted octanol–water partition coefficient (Wildman–Crippen LogP) is 4.58. The molecule has 30 heavy (non-hydrogen) atoms. The van der Waals surface area contributed by atoms with Gasteiger partial charge in [-0.15, -0.1) is 0 Å². The first-order valence-corrected chi connectivity index (χ1v) is 10.3. The second-order valence-electron chi connectivity index (χ2n) is 7.39. The summed E-state index contributed by atoms with van der Waals surface area (Å²) in [5, 5.41) is 0. The van der Waals surface area contributed by atoms with Crippen molar-refractivity contribution in [1.29, 1.82) is 0 Å². The van der Waals surface area contributed by atoms with Gasteiger partial charge in [0.25, 0.3) is 0 Å². The Morgan fingerprint density at radius 1 is 1.33 bits per heavy atom. The smallest absolute Gasteiger partial charge is 0.224 e. The van der Waals surface area contributed by atoms with Crippen molar-refractivity contribution in [1.82, 2.24) is 9.88 Å². The Morgan fingerprint density at radius 2 is 2.13 bits per heavy atom. The van der Waals surface area contributed by atoms with E-state index in [1.54, 1.807) is 29.4 Å². The van der Waals surface area contributed by atoms with E-state index in [1.165, 1.54) is 6.07 Å². The molecule has 0 bridgehead atoms. The monoisotopic (exact) mass is 409 g/mol. The molecule has 2 atom stereocenters. The highest BCUT2D eigenvalue weighted by Gasteiger charge is 2.33. The zero-order valence-electron chi connectivity index (χ0n) is 17.2. The number of nitrogens with zero attached hydrogens (tertiary/aromatic N) is 2. The number of oxazole rings is 1. The zero-order valence-corrected chi connectivity index (χ0v) is 17.2. The number of carbonyl (C=O) groups is 1. The van der Waals surface area contributed by atoms with Crippen molar-refractivity contribution >= 4 is 12.0 Å². The van der Waals surface area contributed by atoms with E-state index in [-0.39, 0.29) is 24.2 Å². The van der Waals surface area contributed by atoms with E-state index in [1.807, 2.05) is 43.4 Å². The Hall–Kier alpha value is -2.99. The van der Waals surface area contributed by atoms with Crippen LogP contribution < -0.4 is 5.73 Å². The Morgan fingerprint density at radius 3 is 2.93 bits per heavy atom. The van der Waals surface area contributed by atoms with Crippen molar-refractivity contribution in [2.24, 2.45) is 5.73 Å². The maximum Gasteiger partial charge on any atom is 0.224 e. The number of hydrogen-bond donors (Lipinski definition) is 1. The second-order valence-corrected chi connectivity index (χ2v) is 7.39. The second kappa shape index (κ2) is 10.7. The van der Waals surface area contributed by atoms with Gasteiger partial charge in [-0.05, 0) is 43.9 Å². The molecule has 6 heteroatoms. The molecule has 0 saturated carbocycles. The van der Waals surface area contributed by atoms with Gasteiger partial charge in [0.2, 0.25) is 11.8 Å². The number of nitrogens with two attached hydrogens (primary N) is 1. The van der Waals surface area contributed by atoms with Crippen LogP contribution >= 0.6 is 0 Å². The maximum atomic E-state index is 13.8. The quantitative estimate of drug-likeness (QED) is 0.648. The average Bonchev–Trinajstić information content (AvgIpc) is 3.39. The molecule has 1 saturated heterocycles. The van der Waals surface area contributed by atoms with Gasteiger partial charge in [0.15, 0.2) is 0 Å². The summed E-state index contributed by atoms with van der Waals surface area (Å²) in [5.41, 5.74) is 7.39. The van der Waals surface area contributed by atoms with Crippen LogP contribution in [0.4, 0.5) is 4.39 Å². The van der Waals surface area contributed by atoms with Crippen LogP contribution in [0.3, 0.4) is 0 Å². The van der Waals surface area contributed by atoms with Gasteiger partial charge in [-0.1, -0.05) is 48.6 Å². The molecule has 0 radical (unpaired) electrons. The molecule has 0 aliphatic carbocycles. The molecule has 1 aliphatic rings. The molecule has 2 aromatic rings. The van der Waals surface area contributed by atoms with Crippen molar-refractivity contribution in [3.63, 3.8) is 0 Å². The summed E-state index contributed by atoms with van der Waals surface area (Å²) < 4.78 is 19.5. The third-order valence-corrected chi connectivity index (χ3v) is 5.07. The van der Waals surface area contributed by atoms with Crippen LogP contribution in [-0.4, -0.2) is 28.4 Å². The molecule has 0 spiro atoms. The van der Waals surface area contributed by atoms with Crippen LogP contribution in [0, 0.1) is 5.82 Å². The number of allylic oxidation sites excluding steroid dienone is 5. The summed E-state index contributed by atoms with van der Waals surface area (Å²) in [7, 11) is 0. The lowest BCUT2D eigenvalue weighted by atomic mass is 10.0. The van der Waals surface area contributed by atoms with Crippen LogP contribution in [0.25, 0.3) is 6.08 Å². The summed E-state index contributed by atoms with van der Waals surface area (Å²) in [4.78, 5) is 19.2. The van der Waals surface area contributed by atoms with Crippen molar-refractivity contribution in [3.8, 4) is 0 Å². The predicted molar refractivity (Wildman–Crippen MR) is 116 cm³/mol. The highest BCUT2D eigenvalue weighted by Crippen LogP contribution is 2.32. The molecule has 1 aromatic carbocycles. The number of likely N-dealkylation sites (tertiary alicyclic amines) is 1. The molecule has 158 valence electrons. The lowest BCUT2D eigenvalue weighted by Gasteiger charge is -2.24. The van der Waals surface area contributed by atoms with Gasteiger partial charge in [-0.2, -0.15) is 0 Å². The molecule has 1 fully saturated rings. The lowest BCUT2D eigenvalue weighted by Crippen LogP contribution is -2.36. The van der Waals surface area contributed by atoms with E-state index in [4.69, 9.17) is 10.2 Å². The fourth-order valence-corrected chi connectivity index (χ4v) is 3.61. The van der Waals surface area contributed by atoms with Crippen molar-refractivity contribution in [2.75, 3.05) is 6.54 Å². The van der Waals surface area contributed by atoms with Crippen molar-refractivity contribution in [2.45, 2.75) is 44.7 Å². The SMILES string of the molecule is CC=CC=CC=Cc1coc([C@@H]2CCCN2C(=O)C[C@H](N)Cc2ccccc2F)n1. The minimum atomic E-state index is -0.442. The summed E-state index contributed by atoms with van der Waals surface area (Å²) >= 11 is 0. The molecule has 1 aliphatic heterocycles. The number of hydrogen-bond acceptors (Lipinski definition) is 4. The minimum Gasteiger partial charge on any atom is -0.446 e. The number of carbonyl (C=O) groups excluding carboxylic acids is 1. The van der Waals surface area contributed by atoms with E-state index in [9.17, 15) is 9.18 Å². The average molecular weight is 410 g/mol. The molecule has 1 amide bonds. The Labute approximate surface area is 176 Å². The van der Waals surface area contributed by atoms with E-state index in [2.05, 4.69) is 4.98 Å². The van der Waals surface area contributed by atoms with Gasteiger partial charge in [0, 0.05) is 19.0 Å². The largest absolute Gasteiger partial charge is 0.446 e. The summed E-state index contributed by atoms with van der Waals surface area (Å²) in [5.74, 6) is 0.201.